The fourth-order valence-corrected chi connectivity index (χ4v) is 8.29. The van der Waals surface area contributed by atoms with Gasteiger partial charge in [-0.3, -0.25) is 19.6 Å². The van der Waals surface area contributed by atoms with E-state index in [1.807, 2.05) is 26.0 Å². The summed E-state index contributed by atoms with van der Waals surface area (Å²) in [7, 11) is 1.32. The van der Waals surface area contributed by atoms with Crippen LogP contribution in [0.25, 0.3) is 33.6 Å². The molecule has 0 radical (unpaired) electrons. The highest BCUT2D eigenvalue weighted by Crippen LogP contribution is 2.46. The summed E-state index contributed by atoms with van der Waals surface area (Å²) in [6.07, 6.45) is 3.34. The Morgan fingerprint density at radius 1 is 0.941 bits per heavy atom. The van der Waals surface area contributed by atoms with E-state index in [1.165, 1.54) is 7.11 Å². The molecular weight excluding hydrogens is 644 g/mol. The lowest BCUT2D eigenvalue weighted by atomic mass is 9.84. The third-order valence-electron chi connectivity index (χ3n) is 11.7. The van der Waals surface area contributed by atoms with Gasteiger partial charge in [0.1, 0.15) is 11.7 Å². The number of hydrogen-bond donors (Lipinski definition) is 4. The molecule has 6 unspecified atom stereocenters. The van der Waals surface area contributed by atoms with Gasteiger partial charge < -0.3 is 29.7 Å². The molecule has 3 aliphatic rings. The fourth-order valence-electron chi connectivity index (χ4n) is 8.29. The van der Waals surface area contributed by atoms with Crippen molar-refractivity contribution >= 4 is 45.5 Å². The quantitative estimate of drug-likeness (QED) is 0.168. The summed E-state index contributed by atoms with van der Waals surface area (Å²) in [6, 6.07) is 6.09. The maximum Gasteiger partial charge on any atom is 0.321 e. The highest BCUT2D eigenvalue weighted by atomic mass is 16.5. The molecule has 51 heavy (non-hydrogen) atoms. The van der Waals surface area contributed by atoms with Crippen molar-refractivity contribution in [3.05, 3.63) is 68.1 Å². The van der Waals surface area contributed by atoms with Gasteiger partial charge in [0, 0.05) is 74.2 Å². The number of aryl methyl sites for hydroxylation is 2. The molecule has 2 aliphatic heterocycles. The van der Waals surface area contributed by atoms with Gasteiger partial charge in [0.15, 0.2) is 0 Å². The second kappa shape index (κ2) is 14.2. The van der Waals surface area contributed by atoms with Crippen LogP contribution in [0.2, 0.25) is 0 Å². The van der Waals surface area contributed by atoms with Gasteiger partial charge in [-0.15, -0.1) is 0 Å². The molecule has 0 saturated carbocycles. The first-order valence-electron chi connectivity index (χ1n) is 18.4. The van der Waals surface area contributed by atoms with Crippen LogP contribution in [-0.2, 0) is 19.1 Å². The van der Waals surface area contributed by atoms with Crippen LogP contribution in [0.4, 0.5) is 0 Å². The summed E-state index contributed by atoms with van der Waals surface area (Å²) >= 11 is 0. The smallest absolute Gasteiger partial charge is 0.321 e. The minimum absolute atomic E-state index is 0.0739. The fraction of sp³-hybridized carbons (Fsp3) is 0.512. The topological polar surface area (TPSA) is 150 Å². The number of aromatic nitrogens is 4. The number of hydrogen-bond acceptors (Lipinski definition) is 8. The monoisotopic (exact) mass is 696 g/mol. The van der Waals surface area contributed by atoms with Crippen LogP contribution in [0.3, 0.4) is 0 Å². The largest absolute Gasteiger partial charge is 0.512 e. The number of nitrogens with one attached hydrogen (secondary N) is 2. The van der Waals surface area contributed by atoms with Crippen molar-refractivity contribution in [3.8, 4) is 0 Å². The molecule has 4 N–H and O–H groups in total. The van der Waals surface area contributed by atoms with E-state index in [1.54, 1.807) is 6.92 Å². The Bertz CT molecular complexity index is 2180. The predicted octanol–water partition coefficient (Wildman–Crippen LogP) is 7.50. The molecule has 5 heterocycles. The molecule has 0 amide bonds. The second-order valence-electron chi connectivity index (χ2n) is 14.8. The number of methoxy groups -OCH3 is 1. The van der Waals surface area contributed by atoms with E-state index in [0.29, 0.717) is 40.9 Å². The van der Waals surface area contributed by atoms with E-state index >= 15 is 0 Å². The number of nitrogens with zero attached hydrogens (tertiary/aromatic N) is 2. The molecule has 272 valence electrons. The molecule has 6 atom stereocenters. The molecule has 10 nitrogen and oxygen atoms in total. The number of fused-ring (bicyclic) bond motifs is 8. The number of aliphatic hydroxyl groups excluding tert-OH is 2. The van der Waals surface area contributed by atoms with E-state index < -0.39 is 11.9 Å². The minimum atomic E-state index is -1.07. The third-order valence-corrected chi connectivity index (χ3v) is 11.7. The number of ether oxygens (including phenoxy) is 2. The molecule has 10 heteroatoms. The van der Waals surface area contributed by atoms with E-state index in [0.717, 1.165) is 69.2 Å². The van der Waals surface area contributed by atoms with Gasteiger partial charge in [-0.1, -0.05) is 41.0 Å². The molecule has 3 aromatic rings. The zero-order chi connectivity index (χ0) is 36.9. The molecule has 3 aromatic heterocycles. The Morgan fingerprint density at radius 2 is 1.59 bits per heavy atom. The van der Waals surface area contributed by atoms with Gasteiger partial charge in [-0.2, -0.15) is 0 Å². The Morgan fingerprint density at radius 3 is 2.25 bits per heavy atom. The average molecular weight is 697 g/mol. The third kappa shape index (κ3) is 6.31. The van der Waals surface area contributed by atoms with Crippen LogP contribution in [0, 0.1) is 19.8 Å². The predicted molar refractivity (Wildman–Crippen MR) is 199 cm³/mol. The zero-order valence-electron chi connectivity index (χ0n) is 31.4. The van der Waals surface area contributed by atoms with Crippen molar-refractivity contribution < 1.29 is 29.3 Å². The summed E-state index contributed by atoms with van der Waals surface area (Å²) in [5.41, 5.74) is 8.49. The van der Waals surface area contributed by atoms with E-state index in [-0.39, 0.29) is 47.6 Å². The molecular formula is C41H52N4O6. The maximum absolute atomic E-state index is 13.5. The van der Waals surface area contributed by atoms with Gasteiger partial charge >= 0.3 is 11.9 Å². The van der Waals surface area contributed by atoms with Gasteiger partial charge in [0.2, 0.25) is 0 Å². The van der Waals surface area contributed by atoms with Gasteiger partial charge in [0.25, 0.3) is 0 Å². The Balaban J connectivity index is 1.65. The summed E-state index contributed by atoms with van der Waals surface area (Å²) in [5, 5.41) is 24.0. The van der Waals surface area contributed by atoms with E-state index in [2.05, 4.69) is 50.7 Å². The summed E-state index contributed by atoms with van der Waals surface area (Å²) in [5.74, 6) is -1.45. The normalized spacial score (nSPS) is 22.2. The van der Waals surface area contributed by atoms with E-state index in [9.17, 15) is 19.8 Å². The Labute approximate surface area is 299 Å². The standard InChI is InChI=1S/C41H52N4O6/c1-10-19(3)14-15-51-33(47)13-12-26-21(5)28-16-29-22(6)34(24(8)46)32(43-29)18-27-20(4)25(11-2)31(42-27)17-30-23(7)35-39(45-30)36(38(26)44-28)37(40(35)48)41(49)50-9/h16-21,25-26,37,43,45-46,48H,10-15H2,1-9H3. The lowest BCUT2D eigenvalue weighted by Gasteiger charge is -2.19. The second-order valence-corrected chi connectivity index (χ2v) is 14.8. The van der Waals surface area contributed by atoms with Gasteiger partial charge in [-0.25, -0.2) is 0 Å². The summed E-state index contributed by atoms with van der Waals surface area (Å²) < 4.78 is 10.9. The Kier molecular flexibility index (Phi) is 10.1. The SMILES string of the molecule is CCC(C)CCOC(=O)CCC1c2nc(cc3[nH]c(cc4nc(cc5[nH]c6c2C(C(=O)OC)C(O)=c6c5C)C(CC)C4C)c(=C(C)O)c3C)C1C. The van der Waals surface area contributed by atoms with E-state index in [4.69, 9.17) is 19.4 Å². The van der Waals surface area contributed by atoms with Gasteiger partial charge in [-0.05, 0) is 75.3 Å². The lowest BCUT2D eigenvalue weighted by Crippen LogP contribution is -2.18. The highest BCUT2D eigenvalue weighted by Gasteiger charge is 2.41. The van der Waals surface area contributed by atoms with Gasteiger partial charge in [0.05, 0.1) is 36.2 Å². The van der Waals surface area contributed by atoms with Crippen molar-refractivity contribution in [3.63, 3.8) is 0 Å². The average Bonchev–Trinajstić information content (AvgIpc) is 3.84. The van der Waals surface area contributed by atoms with Crippen molar-refractivity contribution in [2.45, 2.75) is 117 Å². The van der Waals surface area contributed by atoms with Crippen molar-refractivity contribution in [2.24, 2.45) is 5.92 Å². The first-order valence-corrected chi connectivity index (χ1v) is 18.4. The number of carbonyl (C=O) groups is 2. The number of carbonyl (C=O) groups excluding carboxylic acids is 2. The summed E-state index contributed by atoms with van der Waals surface area (Å²) in [6.45, 7) is 16.7. The lowest BCUT2D eigenvalue weighted by molar-refractivity contribution is -0.144. The number of esters is 2. The molecule has 6 rings (SSSR count). The van der Waals surface area contributed by atoms with Crippen molar-refractivity contribution in [1.82, 2.24) is 19.9 Å². The van der Waals surface area contributed by atoms with Crippen LogP contribution in [-0.4, -0.2) is 55.8 Å². The molecule has 8 bridgehead atoms. The molecule has 1 aliphatic carbocycles. The molecule has 0 aromatic carbocycles. The molecule has 0 fully saturated rings. The van der Waals surface area contributed by atoms with Crippen molar-refractivity contribution in [2.75, 3.05) is 13.7 Å². The zero-order valence-corrected chi connectivity index (χ0v) is 31.4. The number of H-pyrrole nitrogens is 2. The number of rotatable bonds is 9. The first kappa shape index (κ1) is 36.2. The minimum Gasteiger partial charge on any atom is -0.512 e. The van der Waals surface area contributed by atoms with Crippen LogP contribution >= 0.6 is 0 Å². The summed E-state index contributed by atoms with van der Waals surface area (Å²) in [4.78, 5) is 44.0. The van der Waals surface area contributed by atoms with Crippen LogP contribution in [0.1, 0.15) is 143 Å². The number of aliphatic hydroxyl groups is 2. The highest BCUT2D eigenvalue weighted by molar-refractivity contribution is 5.96. The number of aromatic amines is 2. The van der Waals surface area contributed by atoms with Crippen LogP contribution in [0.15, 0.2) is 18.2 Å². The molecule has 0 saturated heterocycles. The maximum atomic E-state index is 13.5. The Hall–Kier alpha value is -4.60. The molecule has 0 spiro atoms. The van der Waals surface area contributed by atoms with Crippen molar-refractivity contribution in [1.29, 1.82) is 0 Å². The van der Waals surface area contributed by atoms with Crippen LogP contribution < -0.4 is 10.4 Å². The first-order chi connectivity index (χ1) is 24.3. The van der Waals surface area contributed by atoms with Crippen LogP contribution in [0.5, 0.6) is 0 Å².